The van der Waals surface area contributed by atoms with Crippen molar-refractivity contribution in [2.24, 2.45) is 0 Å². The minimum Gasteiger partial charge on any atom is -0.334 e. The van der Waals surface area contributed by atoms with E-state index in [4.69, 9.17) is 5.84 Å². The smallest absolute Gasteiger partial charge is 0.280 e. The Bertz CT molecular complexity index is 1020. The number of benzene rings is 2. The van der Waals surface area contributed by atoms with Crippen molar-refractivity contribution < 1.29 is 0 Å². The zero-order chi connectivity index (χ0) is 14.4. The maximum absolute atomic E-state index is 12.5. The largest absolute Gasteiger partial charge is 0.334 e. The standard InChI is InChI=1S/C16H11N3OS/c17-19-15(14-6-3-7-21-14)18-13-9-11-5-2-1-4-10(11)8-12(13)16(19)20/h1-9H,17H2. The molecule has 0 bridgehead atoms. The van der Waals surface area contributed by atoms with Crippen molar-refractivity contribution in [3.8, 4) is 10.7 Å². The highest BCUT2D eigenvalue weighted by Gasteiger charge is 2.12. The first-order valence-corrected chi connectivity index (χ1v) is 7.36. The summed E-state index contributed by atoms with van der Waals surface area (Å²) in [7, 11) is 0. The third kappa shape index (κ3) is 1.82. The molecule has 0 fully saturated rings. The number of hydrogen-bond acceptors (Lipinski definition) is 4. The Morgan fingerprint density at radius 1 is 1.05 bits per heavy atom. The van der Waals surface area contributed by atoms with E-state index in [-0.39, 0.29) is 5.56 Å². The quantitative estimate of drug-likeness (QED) is 0.433. The van der Waals surface area contributed by atoms with Gasteiger partial charge in [0, 0.05) is 0 Å². The zero-order valence-corrected chi connectivity index (χ0v) is 11.8. The fourth-order valence-electron chi connectivity index (χ4n) is 2.47. The second-order valence-electron chi connectivity index (χ2n) is 4.80. The van der Waals surface area contributed by atoms with Crippen LogP contribution in [0.5, 0.6) is 0 Å². The highest BCUT2D eigenvalue weighted by Crippen LogP contribution is 2.24. The molecule has 0 aliphatic rings. The monoisotopic (exact) mass is 293 g/mol. The molecule has 0 saturated heterocycles. The summed E-state index contributed by atoms with van der Waals surface area (Å²) >= 11 is 1.51. The summed E-state index contributed by atoms with van der Waals surface area (Å²) in [5.41, 5.74) is 0.443. The molecule has 2 heterocycles. The van der Waals surface area contributed by atoms with Crippen LogP contribution in [0.15, 0.2) is 58.7 Å². The van der Waals surface area contributed by atoms with E-state index in [0.717, 1.165) is 20.3 Å². The molecule has 21 heavy (non-hydrogen) atoms. The molecule has 0 aliphatic heterocycles. The molecule has 0 amide bonds. The summed E-state index contributed by atoms with van der Waals surface area (Å²) in [6.45, 7) is 0. The van der Waals surface area contributed by atoms with Crippen LogP contribution in [-0.4, -0.2) is 9.66 Å². The number of nitrogens with two attached hydrogens (primary N) is 1. The van der Waals surface area contributed by atoms with Gasteiger partial charge >= 0.3 is 0 Å². The van der Waals surface area contributed by atoms with Gasteiger partial charge in [0.2, 0.25) is 0 Å². The first kappa shape index (κ1) is 12.1. The predicted molar refractivity (Wildman–Crippen MR) is 87.0 cm³/mol. The summed E-state index contributed by atoms with van der Waals surface area (Å²) in [6.07, 6.45) is 0. The molecule has 2 N–H and O–H groups in total. The normalized spacial score (nSPS) is 11.2. The van der Waals surface area contributed by atoms with E-state index in [2.05, 4.69) is 4.98 Å². The van der Waals surface area contributed by atoms with Crippen molar-refractivity contribution >= 4 is 33.0 Å². The number of aromatic nitrogens is 2. The second-order valence-corrected chi connectivity index (χ2v) is 5.75. The zero-order valence-electron chi connectivity index (χ0n) is 11.0. The van der Waals surface area contributed by atoms with Crippen LogP contribution in [0.3, 0.4) is 0 Å². The Labute approximate surface area is 124 Å². The van der Waals surface area contributed by atoms with Crippen LogP contribution in [0.1, 0.15) is 0 Å². The summed E-state index contributed by atoms with van der Waals surface area (Å²) in [5.74, 6) is 6.43. The van der Waals surface area contributed by atoms with E-state index < -0.39 is 0 Å². The van der Waals surface area contributed by atoms with Gasteiger partial charge in [-0.1, -0.05) is 30.3 Å². The van der Waals surface area contributed by atoms with Crippen molar-refractivity contribution in [2.45, 2.75) is 0 Å². The van der Waals surface area contributed by atoms with Crippen LogP contribution in [0.4, 0.5) is 0 Å². The van der Waals surface area contributed by atoms with Crippen molar-refractivity contribution in [1.82, 2.24) is 9.66 Å². The molecule has 0 spiro atoms. The van der Waals surface area contributed by atoms with Gasteiger partial charge in [-0.3, -0.25) is 4.79 Å². The van der Waals surface area contributed by atoms with E-state index in [1.165, 1.54) is 11.3 Å². The van der Waals surface area contributed by atoms with Crippen LogP contribution in [0, 0.1) is 0 Å². The van der Waals surface area contributed by atoms with Crippen LogP contribution in [-0.2, 0) is 0 Å². The molecule has 2 aromatic heterocycles. The van der Waals surface area contributed by atoms with E-state index in [9.17, 15) is 4.79 Å². The molecule has 0 radical (unpaired) electrons. The van der Waals surface area contributed by atoms with Gasteiger partial charge in [-0.25, -0.2) is 9.66 Å². The van der Waals surface area contributed by atoms with Crippen molar-refractivity contribution in [2.75, 3.05) is 5.84 Å². The SMILES string of the molecule is Nn1c(-c2cccs2)nc2cc3ccccc3cc2c1=O. The third-order valence-electron chi connectivity index (χ3n) is 3.51. The predicted octanol–water partition coefficient (Wildman–Crippen LogP) is 2.99. The summed E-state index contributed by atoms with van der Waals surface area (Å²) in [4.78, 5) is 17.9. The Kier molecular flexibility index (Phi) is 2.55. The molecule has 102 valence electrons. The first-order valence-electron chi connectivity index (χ1n) is 6.48. The average Bonchev–Trinajstić information content (AvgIpc) is 3.03. The molecule has 2 aromatic carbocycles. The fourth-order valence-corrected chi connectivity index (χ4v) is 3.18. The van der Waals surface area contributed by atoms with E-state index >= 15 is 0 Å². The van der Waals surface area contributed by atoms with Crippen molar-refractivity contribution in [3.63, 3.8) is 0 Å². The van der Waals surface area contributed by atoms with Gasteiger partial charge < -0.3 is 5.84 Å². The van der Waals surface area contributed by atoms with Crippen LogP contribution in [0.25, 0.3) is 32.4 Å². The molecule has 5 heteroatoms. The Morgan fingerprint density at radius 2 is 1.81 bits per heavy atom. The van der Waals surface area contributed by atoms with Gasteiger partial charge in [-0.05, 0) is 34.4 Å². The second kappa shape index (κ2) is 4.43. The minimum atomic E-state index is -0.228. The maximum atomic E-state index is 12.5. The van der Waals surface area contributed by atoms with Gasteiger partial charge in [-0.2, -0.15) is 0 Å². The molecule has 4 rings (SSSR count). The maximum Gasteiger partial charge on any atom is 0.280 e. The number of fused-ring (bicyclic) bond motifs is 2. The molecule has 4 aromatic rings. The lowest BCUT2D eigenvalue weighted by Crippen LogP contribution is -2.29. The van der Waals surface area contributed by atoms with Gasteiger partial charge in [0.05, 0.1) is 15.8 Å². The number of nitrogen functional groups attached to an aromatic ring is 1. The lowest BCUT2D eigenvalue weighted by Gasteiger charge is -2.08. The fraction of sp³-hybridized carbons (Fsp3) is 0. The molecule has 0 atom stereocenters. The number of rotatable bonds is 1. The van der Waals surface area contributed by atoms with E-state index in [1.54, 1.807) is 0 Å². The molecule has 0 saturated carbocycles. The van der Waals surface area contributed by atoms with Crippen LogP contribution >= 0.6 is 11.3 Å². The van der Waals surface area contributed by atoms with E-state index in [1.807, 2.05) is 53.9 Å². The molecular formula is C16H11N3OS. The molecule has 0 aliphatic carbocycles. The molecular weight excluding hydrogens is 282 g/mol. The topological polar surface area (TPSA) is 60.9 Å². The van der Waals surface area contributed by atoms with Crippen LogP contribution in [0.2, 0.25) is 0 Å². The van der Waals surface area contributed by atoms with Crippen molar-refractivity contribution in [3.05, 3.63) is 64.3 Å². The molecule has 0 unspecified atom stereocenters. The van der Waals surface area contributed by atoms with Crippen LogP contribution < -0.4 is 11.4 Å². The molecule has 4 nitrogen and oxygen atoms in total. The number of thiophene rings is 1. The highest BCUT2D eigenvalue weighted by molar-refractivity contribution is 7.13. The van der Waals surface area contributed by atoms with Gasteiger partial charge in [0.25, 0.3) is 5.56 Å². The lowest BCUT2D eigenvalue weighted by atomic mass is 10.1. The van der Waals surface area contributed by atoms with Gasteiger partial charge in [0.15, 0.2) is 5.82 Å². The summed E-state index contributed by atoms with van der Waals surface area (Å²) < 4.78 is 1.13. The Hall–Kier alpha value is -2.66. The average molecular weight is 293 g/mol. The third-order valence-corrected chi connectivity index (χ3v) is 4.38. The number of hydrogen-bond donors (Lipinski definition) is 1. The lowest BCUT2D eigenvalue weighted by molar-refractivity contribution is 0.931. The minimum absolute atomic E-state index is 0.228. The Balaban J connectivity index is 2.14. The van der Waals surface area contributed by atoms with Crippen molar-refractivity contribution in [1.29, 1.82) is 0 Å². The summed E-state index contributed by atoms with van der Waals surface area (Å²) in [6, 6.07) is 15.5. The number of nitrogens with zero attached hydrogens (tertiary/aromatic N) is 2. The van der Waals surface area contributed by atoms with Gasteiger partial charge in [0.1, 0.15) is 0 Å². The van der Waals surface area contributed by atoms with Gasteiger partial charge in [-0.15, -0.1) is 11.3 Å². The Morgan fingerprint density at radius 3 is 2.52 bits per heavy atom. The first-order chi connectivity index (χ1) is 10.2. The summed E-state index contributed by atoms with van der Waals surface area (Å²) in [5, 5.41) is 4.54. The highest BCUT2D eigenvalue weighted by atomic mass is 32.1. The van der Waals surface area contributed by atoms with E-state index in [0.29, 0.717) is 16.7 Å².